The topological polar surface area (TPSA) is 52.5 Å². The summed E-state index contributed by atoms with van der Waals surface area (Å²) in [6, 6.07) is 0.375. The van der Waals surface area contributed by atoms with Crippen LogP contribution in [-0.4, -0.2) is 35.5 Å². The van der Waals surface area contributed by atoms with Gasteiger partial charge in [0.25, 0.3) is 0 Å². The van der Waals surface area contributed by atoms with Gasteiger partial charge >= 0.3 is 0 Å². The van der Waals surface area contributed by atoms with E-state index < -0.39 is 0 Å². The van der Waals surface area contributed by atoms with Gasteiger partial charge in [-0.25, -0.2) is 0 Å². The highest BCUT2D eigenvalue weighted by Crippen LogP contribution is 2.27. The predicted molar refractivity (Wildman–Crippen MR) is 61.7 cm³/mol. The zero-order valence-corrected chi connectivity index (χ0v) is 9.78. The minimum atomic E-state index is -0.127. The van der Waals surface area contributed by atoms with Gasteiger partial charge in [0.05, 0.1) is 19.3 Å². The second-order valence-electron chi connectivity index (χ2n) is 4.74. The van der Waals surface area contributed by atoms with Crippen LogP contribution in [0.25, 0.3) is 0 Å². The van der Waals surface area contributed by atoms with Crippen LogP contribution in [0, 0.1) is 5.92 Å². The second kappa shape index (κ2) is 7.20. The largest absolute Gasteiger partial charge is 0.395 e. The third kappa shape index (κ3) is 4.49. The van der Waals surface area contributed by atoms with Crippen LogP contribution in [0.2, 0.25) is 0 Å². The molecule has 0 aromatic rings. The quantitative estimate of drug-likeness (QED) is 0.626. The maximum absolute atomic E-state index is 8.97. The minimum absolute atomic E-state index is 0.0331. The van der Waals surface area contributed by atoms with E-state index in [1.54, 1.807) is 0 Å². The molecule has 90 valence electrons. The fraction of sp³-hybridized carbons (Fsp3) is 1.00. The highest BCUT2D eigenvalue weighted by atomic mass is 16.3. The first-order chi connectivity index (χ1) is 7.30. The zero-order valence-electron chi connectivity index (χ0n) is 9.78. The number of hydrogen-bond donors (Lipinski definition) is 3. The summed E-state index contributed by atoms with van der Waals surface area (Å²) in [5.74, 6) is 0.912. The van der Waals surface area contributed by atoms with Crippen LogP contribution < -0.4 is 5.32 Å². The van der Waals surface area contributed by atoms with Crippen molar-refractivity contribution in [2.45, 2.75) is 57.5 Å². The summed E-state index contributed by atoms with van der Waals surface area (Å²) in [6.07, 6.45) is 7.64. The van der Waals surface area contributed by atoms with E-state index in [-0.39, 0.29) is 19.3 Å². The number of rotatable bonds is 6. The van der Waals surface area contributed by atoms with E-state index in [9.17, 15) is 0 Å². The average molecular weight is 215 g/mol. The van der Waals surface area contributed by atoms with Crippen LogP contribution in [0.1, 0.15) is 45.4 Å². The molecule has 0 saturated heterocycles. The van der Waals surface area contributed by atoms with Gasteiger partial charge in [0, 0.05) is 6.04 Å². The van der Waals surface area contributed by atoms with Gasteiger partial charge in [-0.2, -0.15) is 0 Å². The molecule has 3 nitrogen and oxygen atoms in total. The molecule has 0 spiro atoms. The highest BCUT2D eigenvalue weighted by Gasteiger charge is 2.22. The van der Waals surface area contributed by atoms with Crippen LogP contribution in [-0.2, 0) is 0 Å². The molecule has 3 heteroatoms. The first-order valence-electron chi connectivity index (χ1n) is 6.27. The molecule has 0 amide bonds. The van der Waals surface area contributed by atoms with Crippen LogP contribution in [0.15, 0.2) is 0 Å². The average Bonchev–Trinajstić information content (AvgIpc) is 2.28. The maximum atomic E-state index is 8.97. The number of hydrogen-bond acceptors (Lipinski definition) is 3. The molecule has 1 fully saturated rings. The number of nitrogens with one attached hydrogen (secondary N) is 1. The van der Waals surface area contributed by atoms with Gasteiger partial charge in [-0.1, -0.05) is 19.8 Å². The molecule has 0 radical (unpaired) electrons. The summed E-state index contributed by atoms with van der Waals surface area (Å²) >= 11 is 0. The molecule has 0 unspecified atom stereocenters. The SMILES string of the molecule is CCCC1CCC(NC(CO)CO)CC1. The highest BCUT2D eigenvalue weighted by molar-refractivity contribution is 4.80. The smallest absolute Gasteiger partial charge is 0.0607 e. The molecule has 0 bridgehead atoms. The van der Waals surface area contributed by atoms with E-state index in [1.165, 1.54) is 38.5 Å². The number of aliphatic hydroxyl groups excluding tert-OH is 2. The van der Waals surface area contributed by atoms with E-state index in [1.807, 2.05) is 0 Å². The summed E-state index contributed by atoms with van der Waals surface area (Å²) in [6.45, 7) is 2.31. The Bertz CT molecular complexity index is 152. The van der Waals surface area contributed by atoms with Gasteiger partial charge in [0.15, 0.2) is 0 Å². The molecule has 0 aliphatic heterocycles. The molecule has 1 aliphatic carbocycles. The van der Waals surface area contributed by atoms with Crippen LogP contribution >= 0.6 is 0 Å². The van der Waals surface area contributed by atoms with Crippen molar-refractivity contribution in [3.8, 4) is 0 Å². The van der Waals surface area contributed by atoms with Gasteiger partial charge in [-0.3, -0.25) is 0 Å². The first-order valence-corrected chi connectivity index (χ1v) is 6.27. The van der Waals surface area contributed by atoms with Crippen molar-refractivity contribution in [2.75, 3.05) is 13.2 Å². The first kappa shape index (κ1) is 12.9. The zero-order chi connectivity index (χ0) is 11.1. The Morgan fingerprint density at radius 3 is 2.20 bits per heavy atom. The fourth-order valence-electron chi connectivity index (χ4n) is 2.52. The Morgan fingerprint density at radius 1 is 1.13 bits per heavy atom. The Kier molecular flexibility index (Phi) is 6.22. The summed E-state index contributed by atoms with van der Waals surface area (Å²) in [4.78, 5) is 0. The Morgan fingerprint density at radius 2 is 1.73 bits per heavy atom. The molecular weight excluding hydrogens is 190 g/mol. The third-order valence-corrected chi connectivity index (χ3v) is 3.46. The van der Waals surface area contributed by atoms with E-state index in [2.05, 4.69) is 12.2 Å². The summed E-state index contributed by atoms with van der Waals surface area (Å²) in [7, 11) is 0. The molecule has 0 aromatic carbocycles. The summed E-state index contributed by atoms with van der Waals surface area (Å²) < 4.78 is 0. The minimum Gasteiger partial charge on any atom is -0.395 e. The van der Waals surface area contributed by atoms with Crippen molar-refractivity contribution in [2.24, 2.45) is 5.92 Å². The van der Waals surface area contributed by atoms with Crippen molar-refractivity contribution in [1.82, 2.24) is 5.32 Å². The van der Waals surface area contributed by atoms with Crippen molar-refractivity contribution < 1.29 is 10.2 Å². The van der Waals surface area contributed by atoms with E-state index in [4.69, 9.17) is 10.2 Å². The fourth-order valence-corrected chi connectivity index (χ4v) is 2.52. The van der Waals surface area contributed by atoms with Crippen molar-refractivity contribution in [1.29, 1.82) is 0 Å². The predicted octanol–water partition coefficient (Wildman–Crippen LogP) is 1.29. The lowest BCUT2D eigenvalue weighted by atomic mass is 9.83. The molecule has 3 N–H and O–H groups in total. The lowest BCUT2D eigenvalue weighted by molar-refractivity contribution is 0.149. The molecule has 1 rings (SSSR count). The molecule has 0 atom stereocenters. The third-order valence-electron chi connectivity index (χ3n) is 3.46. The van der Waals surface area contributed by atoms with Crippen LogP contribution in [0.5, 0.6) is 0 Å². The van der Waals surface area contributed by atoms with Crippen molar-refractivity contribution in [3.63, 3.8) is 0 Å². The summed E-state index contributed by atoms with van der Waals surface area (Å²) in [5.41, 5.74) is 0. The Hall–Kier alpha value is -0.120. The Labute approximate surface area is 92.9 Å². The standard InChI is InChI=1S/C12H25NO2/c1-2-3-10-4-6-11(7-5-10)13-12(8-14)9-15/h10-15H,2-9H2,1H3. The second-order valence-corrected chi connectivity index (χ2v) is 4.74. The maximum Gasteiger partial charge on any atom is 0.0607 e. The van der Waals surface area contributed by atoms with E-state index in [0.717, 1.165) is 5.92 Å². The van der Waals surface area contributed by atoms with Gasteiger partial charge < -0.3 is 15.5 Å². The molecule has 0 heterocycles. The van der Waals surface area contributed by atoms with Crippen LogP contribution in [0.4, 0.5) is 0 Å². The van der Waals surface area contributed by atoms with Crippen LogP contribution in [0.3, 0.4) is 0 Å². The van der Waals surface area contributed by atoms with Gasteiger partial charge in [-0.05, 0) is 31.6 Å². The summed E-state index contributed by atoms with van der Waals surface area (Å²) in [5, 5.41) is 21.3. The normalized spacial score (nSPS) is 27.2. The number of aliphatic hydroxyl groups is 2. The Balaban J connectivity index is 2.19. The molecular formula is C12H25NO2. The van der Waals surface area contributed by atoms with E-state index >= 15 is 0 Å². The molecule has 0 aromatic heterocycles. The van der Waals surface area contributed by atoms with E-state index in [0.29, 0.717) is 6.04 Å². The lowest BCUT2D eigenvalue weighted by Crippen LogP contribution is -2.44. The van der Waals surface area contributed by atoms with Crippen molar-refractivity contribution >= 4 is 0 Å². The van der Waals surface area contributed by atoms with Gasteiger partial charge in [0.1, 0.15) is 0 Å². The monoisotopic (exact) mass is 215 g/mol. The van der Waals surface area contributed by atoms with Gasteiger partial charge in [-0.15, -0.1) is 0 Å². The molecule has 15 heavy (non-hydrogen) atoms. The van der Waals surface area contributed by atoms with Gasteiger partial charge in [0.2, 0.25) is 0 Å². The lowest BCUT2D eigenvalue weighted by Gasteiger charge is -2.31. The molecule has 1 aliphatic rings. The van der Waals surface area contributed by atoms with Crippen molar-refractivity contribution in [3.05, 3.63) is 0 Å². The molecule has 1 saturated carbocycles.